The summed E-state index contributed by atoms with van der Waals surface area (Å²) in [6, 6.07) is 18.0. The number of rotatable bonds is 9. The molecule has 2 heterocycles. The fourth-order valence-corrected chi connectivity index (χ4v) is 5.05. The third-order valence-corrected chi connectivity index (χ3v) is 7.82. The summed E-state index contributed by atoms with van der Waals surface area (Å²) in [7, 11) is -1.10. The van der Waals surface area contributed by atoms with Gasteiger partial charge in [0.05, 0.1) is 18.7 Å². The highest BCUT2D eigenvalue weighted by atomic mass is 32.2. The molecule has 1 aromatic heterocycles. The summed E-state index contributed by atoms with van der Waals surface area (Å²) in [6.07, 6.45) is -0.280. The zero-order valence-corrected chi connectivity index (χ0v) is 19.8. The minimum absolute atomic E-state index is 0.280. The first-order valence-electron chi connectivity index (χ1n) is 10.5. The van der Waals surface area contributed by atoms with Gasteiger partial charge in [-0.1, -0.05) is 67.8 Å². The highest BCUT2D eigenvalue weighted by Gasteiger charge is 2.21. The Labute approximate surface area is 183 Å². The quantitative estimate of drug-likeness (QED) is 0.242. The van der Waals surface area contributed by atoms with Crippen molar-refractivity contribution >= 4 is 30.7 Å². The summed E-state index contributed by atoms with van der Waals surface area (Å²) in [4.78, 5) is 0. The highest BCUT2D eigenvalue weighted by Crippen LogP contribution is 2.33. The maximum absolute atomic E-state index is 5.99. The monoisotopic (exact) mass is 442 g/mol. The summed E-state index contributed by atoms with van der Waals surface area (Å²) in [5.41, 5.74) is 3.41. The van der Waals surface area contributed by atoms with Crippen molar-refractivity contribution in [2.45, 2.75) is 49.5 Å². The van der Waals surface area contributed by atoms with E-state index in [-0.39, 0.29) is 6.29 Å². The average molecular weight is 443 g/mol. The first kappa shape index (κ1) is 21.6. The van der Waals surface area contributed by atoms with Crippen LogP contribution in [-0.2, 0) is 26.7 Å². The Kier molecular flexibility index (Phi) is 6.95. The third kappa shape index (κ3) is 5.53. The van der Waals surface area contributed by atoms with Gasteiger partial charge in [-0.15, -0.1) is 0 Å². The number of hydrogen-bond donors (Lipinski definition) is 0. The molecule has 2 aromatic carbocycles. The van der Waals surface area contributed by atoms with E-state index in [1.807, 2.05) is 10.7 Å². The van der Waals surface area contributed by atoms with Gasteiger partial charge in [0.25, 0.3) is 0 Å². The Morgan fingerprint density at radius 3 is 2.60 bits per heavy atom. The SMILES string of the molecule is C[Si](C)(C)CCOCn1nc(SCc2ccccc2)c2cc(C3OCCO3)ccc21. The number of thioether (sulfide) groups is 1. The molecule has 4 rings (SSSR count). The molecule has 0 atom stereocenters. The fourth-order valence-electron chi connectivity index (χ4n) is 3.33. The van der Waals surface area contributed by atoms with E-state index in [1.165, 1.54) is 5.56 Å². The summed E-state index contributed by atoms with van der Waals surface area (Å²) < 4.78 is 19.4. The van der Waals surface area contributed by atoms with Crippen LogP contribution in [0.5, 0.6) is 0 Å². The van der Waals surface area contributed by atoms with Gasteiger partial charge < -0.3 is 14.2 Å². The molecule has 1 aliphatic heterocycles. The van der Waals surface area contributed by atoms with Gasteiger partial charge in [-0.05, 0) is 23.7 Å². The lowest BCUT2D eigenvalue weighted by Gasteiger charge is -2.15. The number of benzene rings is 2. The molecular formula is C23H30N2O3SSi. The zero-order valence-electron chi connectivity index (χ0n) is 18.0. The zero-order chi connectivity index (χ0) is 21.0. The van der Waals surface area contributed by atoms with Gasteiger partial charge >= 0.3 is 0 Å². The lowest BCUT2D eigenvalue weighted by atomic mass is 10.1. The van der Waals surface area contributed by atoms with Crippen molar-refractivity contribution in [1.29, 1.82) is 0 Å². The van der Waals surface area contributed by atoms with Gasteiger partial charge in [0.15, 0.2) is 6.29 Å². The standard InChI is InChI=1S/C23H30N2O3SSi/c1-30(2,3)14-13-26-17-25-21-10-9-19(23-27-11-12-28-23)15-20(21)22(24-25)29-16-18-7-5-4-6-8-18/h4-10,15,23H,11-14,16-17H2,1-3H3. The Morgan fingerprint density at radius 1 is 1.10 bits per heavy atom. The van der Waals surface area contributed by atoms with E-state index in [4.69, 9.17) is 19.3 Å². The summed E-state index contributed by atoms with van der Waals surface area (Å²) in [6.45, 7) is 9.64. The number of aromatic nitrogens is 2. The predicted octanol–water partition coefficient (Wildman–Crippen LogP) is 5.69. The second kappa shape index (κ2) is 9.66. The largest absolute Gasteiger partial charge is 0.360 e. The molecule has 160 valence electrons. The Hall–Kier alpha value is -1.64. The van der Waals surface area contributed by atoms with Gasteiger partial charge in [-0.3, -0.25) is 0 Å². The fraction of sp³-hybridized carbons (Fsp3) is 0.435. The molecule has 0 radical (unpaired) electrons. The number of ether oxygens (including phenoxy) is 3. The minimum Gasteiger partial charge on any atom is -0.360 e. The van der Waals surface area contributed by atoms with E-state index in [2.05, 4.69) is 62.1 Å². The summed E-state index contributed by atoms with van der Waals surface area (Å²) in [5.74, 6) is 0.879. The van der Waals surface area contributed by atoms with Crippen LogP contribution < -0.4 is 0 Å². The summed E-state index contributed by atoms with van der Waals surface area (Å²) >= 11 is 1.76. The van der Waals surface area contributed by atoms with Crippen molar-refractivity contribution in [3.8, 4) is 0 Å². The first-order chi connectivity index (χ1) is 14.5. The van der Waals surface area contributed by atoms with Crippen LogP contribution >= 0.6 is 11.8 Å². The second-order valence-corrected chi connectivity index (χ2v) is 15.4. The molecular weight excluding hydrogens is 412 g/mol. The highest BCUT2D eigenvalue weighted by molar-refractivity contribution is 7.98. The van der Waals surface area contributed by atoms with Crippen LogP contribution in [0.3, 0.4) is 0 Å². The molecule has 0 unspecified atom stereocenters. The van der Waals surface area contributed by atoms with Crippen LogP contribution in [0.15, 0.2) is 53.6 Å². The molecule has 1 fully saturated rings. The average Bonchev–Trinajstić information content (AvgIpc) is 3.38. The van der Waals surface area contributed by atoms with E-state index in [0.717, 1.165) is 39.9 Å². The van der Waals surface area contributed by atoms with Crippen LogP contribution in [0.1, 0.15) is 17.4 Å². The third-order valence-electron chi connectivity index (χ3n) is 5.06. The Morgan fingerprint density at radius 2 is 1.87 bits per heavy atom. The van der Waals surface area contributed by atoms with Crippen molar-refractivity contribution < 1.29 is 14.2 Å². The molecule has 5 nitrogen and oxygen atoms in total. The van der Waals surface area contributed by atoms with Crippen molar-refractivity contribution in [1.82, 2.24) is 9.78 Å². The molecule has 0 saturated carbocycles. The first-order valence-corrected chi connectivity index (χ1v) is 15.2. The van der Waals surface area contributed by atoms with Crippen molar-refractivity contribution in [3.05, 3.63) is 59.7 Å². The smallest absolute Gasteiger partial charge is 0.184 e. The Balaban J connectivity index is 1.55. The lowest BCUT2D eigenvalue weighted by molar-refractivity contribution is -0.0440. The van der Waals surface area contributed by atoms with Crippen LogP contribution in [0.4, 0.5) is 0 Å². The lowest BCUT2D eigenvalue weighted by Crippen LogP contribution is -2.22. The molecule has 0 aliphatic carbocycles. The van der Waals surface area contributed by atoms with Gasteiger partial charge in [0.1, 0.15) is 11.8 Å². The minimum atomic E-state index is -1.10. The normalized spacial score (nSPS) is 15.3. The number of nitrogens with zero attached hydrogens (tertiary/aromatic N) is 2. The van der Waals surface area contributed by atoms with Crippen molar-refractivity contribution in [2.24, 2.45) is 0 Å². The van der Waals surface area contributed by atoms with Crippen LogP contribution in [0.25, 0.3) is 10.9 Å². The second-order valence-electron chi connectivity index (χ2n) is 8.78. The molecule has 30 heavy (non-hydrogen) atoms. The molecule has 3 aromatic rings. The van der Waals surface area contributed by atoms with Gasteiger partial charge in [-0.2, -0.15) is 5.10 Å². The topological polar surface area (TPSA) is 45.5 Å². The molecule has 0 amide bonds. The molecule has 7 heteroatoms. The van der Waals surface area contributed by atoms with Gasteiger partial charge in [0, 0.05) is 31.4 Å². The summed E-state index contributed by atoms with van der Waals surface area (Å²) in [5, 5.41) is 7.03. The Bertz CT molecular complexity index is 966. The molecule has 1 saturated heterocycles. The number of hydrogen-bond acceptors (Lipinski definition) is 5. The number of fused-ring (bicyclic) bond motifs is 1. The maximum Gasteiger partial charge on any atom is 0.184 e. The van der Waals surface area contributed by atoms with Crippen LogP contribution in [0, 0.1) is 0 Å². The van der Waals surface area contributed by atoms with Crippen LogP contribution in [-0.4, -0.2) is 37.7 Å². The maximum atomic E-state index is 5.99. The van der Waals surface area contributed by atoms with E-state index >= 15 is 0 Å². The van der Waals surface area contributed by atoms with E-state index < -0.39 is 8.07 Å². The van der Waals surface area contributed by atoms with Crippen molar-refractivity contribution in [3.63, 3.8) is 0 Å². The van der Waals surface area contributed by atoms with E-state index in [9.17, 15) is 0 Å². The van der Waals surface area contributed by atoms with Crippen LogP contribution in [0.2, 0.25) is 25.7 Å². The van der Waals surface area contributed by atoms with Gasteiger partial charge in [0.2, 0.25) is 0 Å². The van der Waals surface area contributed by atoms with E-state index in [1.54, 1.807) is 11.8 Å². The van der Waals surface area contributed by atoms with Crippen molar-refractivity contribution in [2.75, 3.05) is 19.8 Å². The predicted molar refractivity (Wildman–Crippen MR) is 124 cm³/mol. The molecule has 1 aliphatic rings. The molecule has 0 bridgehead atoms. The molecule has 0 spiro atoms. The van der Waals surface area contributed by atoms with E-state index in [0.29, 0.717) is 19.9 Å². The van der Waals surface area contributed by atoms with Gasteiger partial charge in [-0.25, -0.2) is 4.68 Å². The molecule has 0 N–H and O–H groups in total.